The van der Waals surface area contributed by atoms with Crippen LogP contribution in [0.25, 0.3) is 0 Å². The summed E-state index contributed by atoms with van der Waals surface area (Å²) in [5.41, 5.74) is 0. The average Bonchev–Trinajstić information content (AvgIpc) is 3.56. The fourth-order valence-electron chi connectivity index (χ4n) is 3.40. The van der Waals surface area contributed by atoms with Gasteiger partial charge in [0.05, 0.1) is 0 Å². The van der Waals surface area contributed by atoms with Gasteiger partial charge in [0.2, 0.25) is 0 Å². The molecule has 0 unspecified atom stereocenters. The predicted molar refractivity (Wildman–Crippen MR) is 116 cm³/mol. The van der Waals surface area contributed by atoms with E-state index in [2.05, 4.69) is 45.4 Å². The number of hydrogen-bond acceptors (Lipinski definition) is 1. The van der Waals surface area contributed by atoms with Crippen LogP contribution in [0.2, 0.25) is 0 Å². The van der Waals surface area contributed by atoms with E-state index in [4.69, 9.17) is 0 Å². The maximum Gasteiger partial charge on any atom is 2.00 e. The molecule has 0 aromatic carbocycles. The Labute approximate surface area is 210 Å². The van der Waals surface area contributed by atoms with E-state index in [1.54, 1.807) is 0 Å². The molecule has 0 bridgehead atoms. The minimum absolute atomic E-state index is 0. The zero-order valence-electron chi connectivity index (χ0n) is 17.6. The first kappa shape index (κ1) is 30.7. The van der Waals surface area contributed by atoms with E-state index in [0.29, 0.717) is 18.1 Å². The Hall–Kier alpha value is 0.709. The van der Waals surface area contributed by atoms with Crippen LogP contribution >= 0.6 is 0 Å². The van der Waals surface area contributed by atoms with Crippen molar-refractivity contribution in [3.63, 3.8) is 0 Å². The number of carbonyl (C=O) groups excluding carboxylic acids is 1. The number of rotatable bonds is 6. The number of carbonyl (C=O) groups is 1. The van der Waals surface area contributed by atoms with Crippen LogP contribution in [-0.4, -0.2) is 5.78 Å². The summed E-state index contributed by atoms with van der Waals surface area (Å²) in [7, 11) is 0. The van der Waals surface area contributed by atoms with Crippen LogP contribution in [0.5, 0.6) is 0 Å². The third kappa shape index (κ3) is 11.0. The van der Waals surface area contributed by atoms with Gasteiger partial charge in [-0.25, -0.2) is 0 Å². The molecule has 1 nitrogen and oxygen atoms in total. The Morgan fingerprint density at radius 3 is 1.23 bits per heavy atom. The van der Waals surface area contributed by atoms with E-state index in [9.17, 15) is 4.79 Å². The minimum Gasteiger partial charge on any atom is -0.299 e. The van der Waals surface area contributed by atoms with Crippen LogP contribution in [0.4, 0.5) is 0 Å². The fraction of sp³-hybridized carbons (Fsp3) is 0.222. The molecule has 4 fully saturated rings. The van der Waals surface area contributed by atoms with Gasteiger partial charge in [0.1, 0.15) is 5.78 Å². The second-order valence-corrected chi connectivity index (χ2v) is 6.67. The van der Waals surface area contributed by atoms with Crippen molar-refractivity contribution in [1.82, 2.24) is 0 Å². The van der Waals surface area contributed by atoms with Crippen LogP contribution in [0, 0.1) is 139 Å². The number of Topliss-reactive ketones (excluding diaryl/α,β-unsaturated/α-hetero) is 1. The van der Waals surface area contributed by atoms with Crippen LogP contribution in [-0.2, 0) is 38.9 Å². The molecular weight excluding hydrogens is 452 g/mol. The molecule has 0 aliphatic heterocycles. The molecule has 0 N–H and O–H groups in total. The van der Waals surface area contributed by atoms with Gasteiger partial charge in [0.15, 0.2) is 0 Å². The molecule has 0 saturated heterocycles. The average molecular weight is 482 g/mol. The molecule has 20 radical (unpaired) electrons. The minimum atomic E-state index is 0. The molecule has 4 rings (SSSR count). The Bertz CT molecular complexity index is 366. The molecule has 3 heteroatoms. The molecule has 0 heterocycles. The first-order valence-electron chi connectivity index (χ1n) is 10.1. The Kier molecular flexibility index (Phi) is 19.7. The van der Waals surface area contributed by atoms with Crippen molar-refractivity contribution >= 4 is 5.78 Å². The van der Waals surface area contributed by atoms with E-state index < -0.39 is 0 Å². The molecule has 0 spiro atoms. The molecule has 0 aromatic heterocycles. The molecule has 4 aliphatic rings. The van der Waals surface area contributed by atoms with Gasteiger partial charge in [0.25, 0.3) is 0 Å². The third-order valence-corrected chi connectivity index (χ3v) is 4.81. The number of hydrogen-bond donors (Lipinski definition) is 0. The topological polar surface area (TPSA) is 17.1 Å². The summed E-state index contributed by atoms with van der Waals surface area (Å²) in [6.07, 6.45) is 38.1. The van der Waals surface area contributed by atoms with Gasteiger partial charge in [-0.05, 0) is 133 Å². The van der Waals surface area contributed by atoms with Crippen LogP contribution in [0.1, 0.15) is 26.7 Å². The van der Waals surface area contributed by atoms with Crippen molar-refractivity contribution in [1.29, 1.82) is 0 Å². The molecular formula is C27H30Fe2O+4. The van der Waals surface area contributed by atoms with E-state index in [-0.39, 0.29) is 40.1 Å². The molecule has 0 aromatic rings. The van der Waals surface area contributed by atoms with Crippen molar-refractivity contribution in [3.8, 4) is 0 Å². The van der Waals surface area contributed by atoms with Crippen molar-refractivity contribution in [3.05, 3.63) is 127 Å². The van der Waals surface area contributed by atoms with Crippen molar-refractivity contribution < 1.29 is 38.9 Å². The Balaban J connectivity index is 0.000000575. The van der Waals surface area contributed by atoms with E-state index in [0.717, 1.165) is 12.3 Å². The first-order valence-corrected chi connectivity index (χ1v) is 10.1. The largest absolute Gasteiger partial charge is 2.00 e. The summed E-state index contributed by atoms with van der Waals surface area (Å²) in [5, 5.41) is 0. The van der Waals surface area contributed by atoms with Gasteiger partial charge in [-0.3, -0.25) is 4.79 Å². The van der Waals surface area contributed by atoms with Crippen LogP contribution < -0.4 is 0 Å². The molecule has 2 atom stereocenters. The van der Waals surface area contributed by atoms with Gasteiger partial charge in [-0.2, -0.15) is 0 Å². The SMILES string of the molecule is CCC(=O)[C@@H]([C]1[CH][CH][CH][CH]1)[C@@H](CC)[C]1[CH][CH][CH][CH]1.[CH]1[CH][CH][CH][CH]1.[CH]1[CH][CH][CH][CH]1.[Fe+2].[Fe+2]. The molecule has 4 aliphatic carbocycles. The fourth-order valence-corrected chi connectivity index (χ4v) is 3.40. The standard InChI is InChI=1S/C17H20O.2C5H5.2Fe/c1-3-15(13-9-5-6-10-13)17(16(18)4-2)14-11-7-8-12-14;2*1-2-4-5-3-1;;/h5-12,15,17H,3-4H2,1-2H3;2*1-5H;;/q;;;2*+2/t15-,17-;;;;/m0..../s1. The first-order chi connectivity index (χ1) is 13.8. The molecule has 30 heavy (non-hydrogen) atoms. The van der Waals surface area contributed by atoms with Gasteiger partial charge in [-0.15, -0.1) is 0 Å². The summed E-state index contributed by atoms with van der Waals surface area (Å²) in [5.74, 6) is 3.10. The Morgan fingerprint density at radius 1 is 0.600 bits per heavy atom. The molecule has 4 saturated carbocycles. The molecule has 156 valence electrons. The zero-order chi connectivity index (χ0) is 20.0. The van der Waals surface area contributed by atoms with Gasteiger partial charge in [0, 0.05) is 12.3 Å². The number of ketones is 1. The summed E-state index contributed by atoms with van der Waals surface area (Å²) < 4.78 is 0. The predicted octanol–water partition coefficient (Wildman–Crippen LogP) is 5.46. The maximum absolute atomic E-state index is 12.3. The van der Waals surface area contributed by atoms with Crippen molar-refractivity contribution in [2.45, 2.75) is 26.7 Å². The van der Waals surface area contributed by atoms with Gasteiger partial charge < -0.3 is 0 Å². The normalized spacial score (nSPS) is 23.3. The molecule has 0 amide bonds. The van der Waals surface area contributed by atoms with Crippen molar-refractivity contribution in [2.24, 2.45) is 11.8 Å². The second kappa shape index (κ2) is 19.2. The zero-order valence-corrected chi connectivity index (χ0v) is 19.8. The van der Waals surface area contributed by atoms with Crippen molar-refractivity contribution in [2.75, 3.05) is 0 Å². The maximum atomic E-state index is 12.3. The second-order valence-electron chi connectivity index (χ2n) is 6.67. The van der Waals surface area contributed by atoms with E-state index in [1.807, 2.05) is 84.0 Å². The van der Waals surface area contributed by atoms with Crippen LogP contribution in [0.15, 0.2) is 0 Å². The summed E-state index contributed by atoms with van der Waals surface area (Å²) in [6.45, 7) is 4.12. The smallest absolute Gasteiger partial charge is 0.299 e. The monoisotopic (exact) mass is 482 g/mol. The van der Waals surface area contributed by atoms with E-state index in [1.165, 1.54) is 5.92 Å². The summed E-state index contributed by atoms with van der Waals surface area (Å²) in [6, 6.07) is 0. The van der Waals surface area contributed by atoms with Crippen LogP contribution in [0.3, 0.4) is 0 Å². The quantitative estimate of drug-likeness (QED) is 0.460. The third-order valence-electron chi connectivity index (χ3n) is 4.81. The van der Waals surface area contributed by atoms with Gasteiger partial charge >= 0.3 is 34.1 Å². The Morgan fingerprint density at radius 2 is 0.933 bits per heavy atom. The van der Waals surface area contributed by atoms with Gasteiger partial charge in [-0.1, -0.05) is 20.3 Å². The summed E-state index contributed by atoms with van der Waals surface area (Å²) in [4.78, 5) is 12.3. The van der Waals surface area contributed by atoms with E-state index >= 15 is 0 Å². The summed E-state index contributed by atoms with van der Waals surface area (Å²) >= 11 is 0.